The van der Waals surface area contributed by atoms with Gasteiger partial charge in [-0.2, -0.15) is 0 Å². The number of hydrogen-bond donors (Lipinski definition) is 11. The van der Waals surface area contributed by atoms with E-state index in [0.717, 1.165) is 42.8 Å². The van der Waals surface area contributed by atoms with E-state index < -0.39 is 195 Å². The lowest BCUT2D eigenvalue weighted by Gasteiger charge is -2.41. The Hall–Kier alpha value is -9.41. The Bertz CT molecular complexity index is 2970. The lowest BCUT2D eigenvalue weighted by Crippen LogP contribution is -2.57. The quantitative estimate of drug-likeness (QED) is 0.0246. The fraction of sp³-hybridized carbons (Fsp3) is 0.426. The van der Waals surface area contributed by atoms with E-state index in [1.807, 2.05) is 12.1 Å². The van der Waals surface area contributed by atoms with Gasteiger partial charge in [0.25, 0.3) is 11.8 Å². The minimum absolute atomic E-state index is 0.114. The minimum Gasteiger partial charge on any atom is -0.481 e. The first-order chi connectivity index (χ1) is 39.0. The number of aliphatic carboxylic acids is 1. The molecule has 29 heteroatoms. The summed E-state index contributed by atoms with van der Waals surface area (Å²) in [4.78, 5) is 169. The number of hydrogen-bond acceptors (Lipinski definition) is 14. The smallest absolute Gasteiger partial charge is 0.303 e. The number of nitrogens with zero attached hydrogens (tertiary/aromatic N) is 3. The summed E-state index contributed by atoms with van der Waals surface area (Å²) in [5, 5.41) is 36.2. The molecule has 0 saturated heterocycles. The zero-order chi connectivity index (χ0) is 61.9. The van der Waals surface area contributed by atoms with Gasteiger partial charge in [-0.05, 0) is 55.0 Å². The zero-order valence-corrected chi connectivity index (χ0v) is 46.1. The highest BCUT2D eigenvalue weighted by Crippen LogP contribution is 2.41. The van der Waals surface area contributed by atoms with E-state index >= 15 is 4.39 Å². The van der Waals surface area contributed by atoms with Gasteiger partial charge in [0.1, 0.15) is 55.0 Å². The molecule has 2 aromatic carbocycles. The average molecular weight is 1160 g/mol. The fourth-order valence-electron chi connectivity index (χ4n) is 8.77. The second-order valence-corrected chi connectivity index (χ2v) is 20.4. The summed E-state index contributed by atoms with van der Waals surface area (Å²) in [6.07, 6.45) is 0.00235. The van der Waals surface area contributed by atoms with Crippen molar-refractivity contribution in [2.24, 2.45) is 16.9 Å². The SMILES string of the molecule is CC(=O)N[C@@H](C)C(=O)N[C@H](CC(=O)N[C@@H](CC(N)=O)C(=O)N[C@@H](CCN(C(=O)CO)[C@@H](c1cc(-c2cc(F)ccc2F)cn1Cc1ccccc1)C(C)(C)C)C(=O)NCCNC(=O)[C@@H](CCC(=O)O)NC(=O)CN1C(=O)C=CC1=O)C(N)=O. The Morgan fingerprint density at radius 3 is 1.86 bits per heavy atom. The van der Waals surface area contributed by atoms with Crippen LogP contribution in [0.5, 0.6) is 0 Å². The molecule has 1 aliphatic rings. The van der Waals surface area contributed by atoms with Crippen molar-refractivity contribution in [2.45, 2.75) is 110 Å². The molecule has 12 amide bonds. The van der Waals surface area contributed by atoms with Gasteiger partial charge in [0.15, 0.2) is 0 Å². The van der Waals surface area contributed by atoms with Crippen LogP contribution in [0.3, 0.4) is 0 Å². The molecule has 0 bridgehead atoms. The highest BCUT2D eigenvalue weighted by Gasteiger charge is 2.39. The number of aromatic nitrogens is 1. The summed E-state index contributed by atoms with van der Waals surface area (Å²) < 4.78 is 31.8. The number of aliphatic hydroxyl groups excluding tert-OH is 1. The van der Waals surface area contributed by atoms with Crippen LogP contribution in [0.2, 0.25) is 0 Å². The van der Waals surface area contributed by atoms with E-state index in [1.165, 1.54) is 11.8 Å². The summed E-state index contributed by atoms with van der Waals surface area (Å²) >= 11 is 0. The van der Waals surface area contributed by atoms with Crippen LogP contribution in [0.25, 0.3) is 11.1 Å². The van der Waals surface area contributed by atoms with Gasteiger partial charge in [0, 0.05) is 74.7 Å². The molecular formula is C54H68F2N12O15. The van der Waals surface area contributed by atoms with Crippen molar-refractivity contribution in [3.63, 3.8) is 0 Å². The van der Waals surface area contributed by atoms with Crippen LogP contribution < -0.4 is 48.7 Å². The van der Waals surface area contributed by atoms with E-state index in [1.54, 1.807) is 55.8 Å². The number of carbonyl (C=O) groups excluding carboxylic acids is 12. The fourth-order valence-corrected chi connectivity index (χ4v) is 8.77. The first kappa shape index (κ1) is 66.1. The minimum atomic E-state index is -1.89. The van der Waals surface area contributed by atoms with Crippen LogP contribution in [0.4, 0.5) is 8.78 Å². The number of imide groups is 1. The van der Waals surface area contributed by atoms with Crippen LogP contribution in [0.1, 0.15) is 84.0 Å². The predicted octanol–water partition coefficient (Wildman–Crippen LogP) is -1.98. The number of aliphatic hydroxyl groups is 1. The average Bonchev–Trinajstić information content (AvgIpc) is 2.87. The third-order valence-corrected chi connectivity index (χ3v) is 12.7. The van der Waals surface area contributed by atoms with E-state index in [-0.39, 0.29) is 17.7 Å². The van der Waals surface area contributed by atoms with Gasteiger partial charge in [0.05, 0.1) is 18.9 Å². The number of benzene rings is 2. The van der Waals surface area contributed by atoms with E-state index in [2.05, 4.69) is 37.2 Å². The summed E-state index contributed by atoms with van der Waals surface area (Å²) in [7, 11) is 0. The molecule has 0 saturated carbocycles. The molecule has 0 radical (unpaired) electrons. The maximum atomic E-state index is 15.4. The van der Waals surface area contributed by atoms with Crippen molar-refractivity contribution in [1.82, 2.24) is 51.6 Å². The van der Waals surface area contributed by atoms with Crippen LogP contribution in [0.15, 0.2) is 72.9 Å². The molecule has 3 aromatic rings. The number of amides is 12. The first-order valence-electron chi connectivity index (χ1n) is 25.9. The molecule has 0 unspecified atom stereocenters. The Morgan fingerprint density at radius 2 is 1.30 bits per heavy atom. The number of carboxylic acids is 1. The number of rotatable bonds is 31. The maximum Gasteiger partial charge on any atom is 0.303 e. The van der Waals surface area contributed by atoms with Crippen LogP contribution >= 0.6 is 0 Å². The van der Waals surface area contributed by atoms with Gasteiger partial charge in [-0.15, -0.1) is 0 Å². The lowest BCUT2D eigenvalue weighted by molar-refractivity contribution is -0.141. The molecule has 1 aromatic heterocycles. The van der Waals surface area contributed by atoms with Gasteiger partial charge in [-0.1, -0.05) is 51.1 Å². The predicted molar refractivity (Wildman–Crippen MR) is 288 cm³/mol. The second-order valence-electron chi connectivity index (χ2n) is 20.4. The second kappa shape index (κ2) is 30.4. The molecule has 0 fully saturated rings. The summed E-state index contributed by atoms with van der Waals surface area (Å²) in [5.74, 6) is -14.6. The zero-order valence-electron chi connectivity index (χ0n) is 46.1. The lowest BCUT2D eigenvalue weighted by atomic mass is 9.82. The van der Waals surface area contributed by atoms with Crippen LogP contribution in [-0.2, 0) is 68.9 Å². The molecule has 6 atom stereocenters. The Kier molecular flexibility index (Phi) is 24.2. The molecule has 4 rings (SSSR count). The summed E-state index contributed by atoms with van der Waals surface area (Å²) in [5.41, 5.74) is 11.2. The number of halogens is 2. The molecule has 83 heavy (non-hydrogen) atoms. The van der Waals surface area contributed by atoms with Crippen molar-refractivity contribution in [1.29, 1.82) is 0 Å². The Labute approximate surface area is 474 Å². The van der Waals surface area contributed by atoms with Crippen LogP contribution in [-0.4, -0.2) is 164 Å². The van der Waals surface area contributed by atoms with Crippen molar-refractivity contribution in [2.75, 3.05) is 32.8 Å². The van der Waals surface area contributed by atoms with Gasteiger partial charge in [-0.3, -0.25) is 67.2 Å². The van der Waals surface area contributed by atoms with Gasteiger partial charge in [0.2, 0.25) is 59.1 Å². The molecule has 13 N–H and O–H groups in total. The van der Waals surface area contributed by atoms with E-state index in [0.29, 0.717) is 10.6 Å². The normalized spacial score (nSPS) is 14.2. The third-order valence-electron chi connectivity index (χ3n) is 12.7. The summed E-state index contributed by atoms with van der Waals surface area (Å²) in [6.45, 7) is 4.55. The number of nitrogens with one attached hydrogen (secondary N) is 7. The summed E-state index contributed by atoms with van der Waals surface area (Å²) in [6, 6.07) is 4.29. The Balaban J connectivity index is 1.70. The van der Waals surface area contributed by atoms with Crippen molar-refractivity contribution >= 4 is 76.9 Å². The van der Waals surface area contributed by atoms with Crippen molar-refractivity contribution < 1.29 is 81.3 Å². The molecule has 448 valence electrons. The molecule has 2 heterocycles. The van der Waals surface area contributed by atoms with Crippen molar-refractivity contribution in [3.05, 3.63) is 95.8 Å². The molecule has 0 aliphatic carbocycles. The number of primary amides is 2. The number of nitrogens with two attached hydrogens (primary N) is 2. The molecule has 27 nitrogen and oxygen atoms in total. The first-order valence-corrected chi connectivity index (χ1v) is 25.9. The number of carboxylic acid groups (broad SMARTS) is 1. The third kappa shape index (κ3) is 20.3. The van der Waals surface area contributed by atoms with Gasteiger partial charge >= 0.3 is 5.97 Å². The van der Waals surface area contributed by atoms with Gasteiger partial charge < -0.3 is 68.4 Å². The van der Waals surface area contributed by atoms with Crippen LogP contribution in [0, 0.1) is 17.0 Å². The molecular weight excluding hydrogens is 1090 g/mol. The highest BCUT2D eigenvalue weighted by molar-refractivity contribution is 6.14. The molecule has 1 aliphatic heterocycles. The van der Waals surface area contributed by atoms with Gasteiger partial charge in [-0.25, -0.2) is 8.78 Å². The van der Waals surface area contributed by atoms with E-state index in [4.69, 9.17) is 11.5 Å². The topological polar surface area (TPSA) is 410 Å². The molecule has 0 spiro atoms. The van der Waals surface area contributed by atoms with E-state index in [9.17, 15) is 76.9 Å². The standard InChI is InChI=1S/C54H68F2N12O15/c1-29(61-30(2)70)50(80)65-38(49(58)79)24-42(72)63-39(23-41(57)71)53(83)64-37(52(82)60-19-18-59-51(81)36(13-16-47(77)78)62-43(73)27-68-44(74)14-15-45(68)75)17-20-67(46(76)28-69)48(54(3,4)5)40-21-32(34-22-33(55)11-12-35(34)56)26-66(40)25-31-9-7-6-8-10-31/h6-12,14-15,21-22,26,29,36-39,48,69H,13,16-20,23-25,27-28H2,1-5H3,(H2,57,71)(H2,58,79)(H,59,81)(H,60,82)(H,61,70)(H,62,73)(H,63,72)(H,64,83)(H,65,80)(H,77,78)/t29-,36+,37-,38+,39-,48-/m0/s1. The maximum absolute atomic E-state index is 15.4. The Morgan fingerprint density at radius 1 is 0.711 bits per heavy atom. The monoisotopic (exact) mass is 1160 g/mol. The number of carbonyl (C=O) groups is 13. The van der Waals surface area contributed by atoms with Crippen molar-refractivity contribution in [3.8, 4) is 11.1 Å². The highest BCUT2D eigenvalue weighted by atomic mass is 19.1. The largest absolute Gasteiger partial charge is 0.481 e.